The number of ether oxygens (including phenoxy) is 2. The normalized spacial score (nSPS) is 11.7. The number of alkyl halides is 3. The van der Waals surface area contributed by atoms with E-state index in [0.29, 0.717) is 19.6 Å². The number of methoxy groups -OCH3 is 1. The molecule has 3 nitrogen and oxygen atoms in total. The van der Waals surface area contributed by atoms with Crippen molar-refractivity contribution < 1.29 is 22.6 Å². The highest BCUT2D eigenvalue weighted by molar-refractivity contribution is 5.31. The third-order valence-corrected chi connectivity index (χ3v) is 2.79. The molecular formula is C14H20F3NO2. The molecule has 0 radical (unpaired) electrons. The Morgan fingerprint density at radius 1 is 1.05 bits per heavy atom. The first-order chi connectivity index (χ1) is 9.40. The van der Waals surface area contributed by atoms with E-state index in [1.807, 2.05) is 0 Å². The number of hydrogen-bond donors (Lipinski definition) is 0. The zero-order valence-electron chi connectivity index (χ0n) is 11.7. The maximum Gasteiger partial charge on any atom is 0.390 e. The van der Waals surface area contributed by atoms with Gasteiger partial charge in [0.05, 0.1) is 20.1 Å². The first kappa shape index (κ1) is 16.6. The summed E-state index contributed by atoms with van der Waals surface area (Å²) in [6.45, 7) is 1.07. The summed E-state index contributed by atoms with van der Waals surface area (Å²) in [4.78, 5) is 1.66. The van der Waals surface area contributed by atoms with Gasteiger partial charge in [-0.05, 0) is 37.7 Å². The molecular weight excluding hydrogens is 271 g/mol. The summed E-state index contributed by atoms with van der Waals surface area (Å²) in [5, 5.41) is 0. The third kappa shape index (κ3) is 7.23. The van der Waals surface area contributed by atoms with Gasteiger partial charge in [0.25, 0.3) is 0 Å². The molecule has 0 spiro atoms. The van der Waals surface area contributed by atoms with Crippen molar-refractivity contribution in [3.8, 4) is 11.5 Å². The van der Waals surface area contributed by atoms with Crippen LogP contribution in [0.1, 0.15) is 12.8 Å². The Morgan fingerprint density at radius 3 is 2.20 bits per heavy atom. The van der Waals surface area contributed by atoms with Crippen molar-refractivity contribution in [2.24, 2.45) is 0 Å². The van der Waals surface area contributed by atoms with Gasteiger partial charge in [-0.3, -0.25) is 0 Å². The lowest BCUT2D eigenvalue weighted by atomic mass is 10.3. The summed E-state index contributed by atoms with van der Waals surface area (Å²) in [6.07, 6.45) is -4.18. The van der Waals surface area contributed by atoms with Crippen LogP contribution in [0.4, 0.5) is 13.2 Å². The van der Waals surface area contributed by atoms with E-state index in [1.54, 1.807) is 43.3 Å². The van der Waals surface area contributed by atoms with E-state index in [2.05, 4.69) is 0 Å². The van der Waals surface area contributed by atoms with Crippen LogP contribution in [0.3, 0.4) is 0 Å². The lowest BCUT2D eigenvalue weighted by Gasteiger charge is -2.17. The van der Waals surface area contributed by atoms with Crippen molar-refractivity contribution in [2.45, 2.75) is 19.0 Å². The molecule has 0 aliphatic heterocycles. The molecule has 1 rings (SSSR count). The van der Waals surface area contributed by atoms with Crippen molar-refractivity contribution in [1.82, 2.24) is 4.90 Å². The number of hydrogen-bond acceptors (Lipinski definition) is 3. The fourth-order valence-corrected chi connectivity index (χ4v) is 1.63. The van der Waals surface area contributed by atoms with Crippen LogP contribution < -0.4 is 9.47 Å². The molecule has 0 saturated heterocycles. The zero-order chi connectivity index (χ0) is 15.0. The average molecular weight is 291 g/mol. The Hall–Kier alpha value is -1.43. The molecule has 0 saturated carbocycles. The predicted molar refractivity (Wildman–Crippen MR) is 71.3 cm³/mol. The highest BCUT2D eigenvalue weighted by Gasteiger charge is 2.26. The third-order valence-electron chi connectivity index (χ3n) is 2.79. The highest BCUT2D eigenvalue weighted by atomic mass is 19.4. The molecule has 1 aromatic rings. The molecule has 6 heteroatoms. The minimum absolute atomic E-state index is 0.0199. The smallest absolute Gasteiger partial charge is 0.390 e. The van der Waals surface area contributed by atoms with Gasteiger partial charge < -0.3 is 14.4 Å². The molecule has 0 fully saturated rings. The molecule has 20 heavy (non-hydrogen) atoms. The van der Waals surface area contributed by atoms with Crippen LogP contribution in [0.15, 0.2) is 24.3 Å². The molecule has 0 unspecified atom stereocenters. The largest absolute Gasteiger partial charge is 0.497 e. The van der Waals surface area contributed by atoms with Gasteiger partial charge in [-0.2, -0.15) is 13.2 Å². The minimum atomic E-state index is -4.09. The summed E-state index contributed by atoms with van der Waals surface area (Å²) in [7, 11) is 3.27. The maximum atomic E-state index is 12.0. The van der Waals surface area contributed by atoms with E-state index in [-0.39, 0.29) is 6.54 Å². The van der Waals surface area contributed by atoms with Crippen LogP contribution in [0.2, 0.25) is 0 Å². The minimum Gasteiger partial charge on any atom is -0.497 e. The van der Waals surface area contributed by atoms with E-state index in [1.165, 1.54) is 0 Å². The first-order valence-electron chi connectivity index (χ1n) is 6.43. The van der Waals surface area contributed by atoms with Gasteiger partial charge in [-0.25, -0.2) is 0 Å². The van der Waals surface area contributed by atoms with Gasteiger partial charge in [0.2, 0.25) is 0 Å². The Bertz CT molecular complexity index is 379. The Kier molecular flexibility index (Phi) is 6.64. The summed E-state index contributed by atoms with van der Waals surface area (Å²) in [5.74, 6) is 1.48. The molecule has 114 valence electrons. The fraction of sp³-hybridized carbons (Fsp3) is 0.571. The van der Waals surface area contributed by atoms with Crippen molar-refractivity contribution in [1.29, 1.82) is 0 Å². The molecule has 1 aromatic carbocycles. The second-order valence-electron chi connectivity index (χ2n) is 4.55. The van der Waals surface area contributed by atoms with E-state index in [0.717, 1.165) is 11.5 Å². The van der Waals surface area contributed by atoms with Gasteiger partial charge in [-0.15, -0.1) is 0 Å². The summed E-state index contributed by atoms with van der Waals surface area (Å²) >= 11 is 0. The van der Waals surface area contributed by atoms with Crippen LogP contribution in [0.25, 0.3) is 0 Å². The van der Waals surface area contributed by atoms with Crippen molar-refractivity contribution in [3.63, 3.8) is 0 Å². The molecule has 0 heterocycles. The van der Waals surface area contributed by atoms with Crippen LogP contribution in [-0.2, 0) is 0 Å². The van der Waals surface area contributed by atoms with Crippen molar-refractivity contribution >= 4 is 0 Å². The molecule has 0 aliphatic carbocycles. The van der Waals surface area contributed by atoms with Gasteiger partial charge >= 0.3 is 6.18 Å². The summed E-state index contributed by atoms with van der Waals surface area (Å²) in [6, 6.07) is 7.19. The quantitative estimate of drug-likeness (QED) is 0.686. The van der Waals surface area contributed by atoms with Crippen molar-refractivity contribution in [2.75, 3.05) is 33.9 Å². The Morgan fingerprint density at radius 2 is 1.65 bits per heavy atom. The van der Waals surface area contributed by atoms with Gasteiger partial charge in [0.15, 0.2) is 0 Å². The molecule has 0 atom stereocenters. The SMILES string of the molecule is COc1ccc(OCCCN(C)CCC(F)(F)F)cc1. The van der Waals surface area contributed by atoms with Crippen molar-refractivity contribution in [3.05, 3.63) is 24.3 Å². The topological polar surface area (TPSA) is 21.7 Å². The monoisotopic (exact) mass is 291 g/mol. The number of rotatable bonds is 8. The second-order valence-corrected chi connectivity index (χ2v) is 4.55. The Balaban J connectivity index is 2.14. The molecule has 0 aliphatic rings. The number of benzene rings is 1. The highest BCUT2D eigenvalue weighted by Crippen LogP contribution is 2.19. The van der Waals surface area contributed by atoms with E-state index in [4.69, 9.17) is 9.47 Å². The van der Waals surface area contributed by atoms with Crippen LogP contribution in [-0.4, -0.2) is 44.9 Å². The van der Waals surface area contributed by atoms with E-state index in [9.17, 15) is 13.2 Å². The van der Waals surface area contributed by atoms with Gasteiger partial charge in [-0.1, -0.05) is 0 Å². The predicted octanol–water partition coefficient (Wildman–Crippen LogP) is 3.35. The van der Waals surface area contributed by atoms with Crippen LogP contribution in [0.5, 0.6) is 11.5 Å². The maximum absolute atomic E-state index is 12.0. The van der Waals surface area contributed by atoms with Gasteiger partial charge in [0.1, 0.15) is 11.5 Å². The Labute approximate surface area is 117 Å². The number of halogens is 3. The zero-order valence-corrected chi connectivity index (χ0v) is 11.7. The van der Waals surface area contributed by atoms with Crippen LogP contribution >= 0.6 is 0 Å². The lowest BCUT2D eigenvalue weighted by molar-refractivity contribution is -0.137. The number of nitrogens with zero attached hydrogens (tertiary/aromatic N) is 1. The summed E-state index contributed by atoms with van der Waals surface area (Å²) in [5.41, 5.74) is 0. The molecule has 0 amide bonds. The summed E-state index contributed by atoms with van der Waals surface area (Å²) < 4.78 is 46.6. The van der Waals surface area contributed by atoms with E-state index < -0.39 is 12.6 Å². The second kappa shape index (κ2) is 7.99. The average Bonchev–Trinajstić information content (AvgIpc) is 2.41. The van der Waals surface area contributed by atoms with Crippen LogP contribution in [0, 0.1) is 0 Å². The standard InChI is InChI=1S/C14H20F3NO2/c1-18(10-8-14(15,16)17)9-3-11-20-13-6-4-12(19-2)5-7-13/h4-7H,3,8-11H2,1-2H3. The molecule has 0 N–H and O–H groups in total. The van der Waals surface area contributed by atoms with E-state index >= 15 is 0 Å². The first-order valence-corrected chi connectivity index (χ1v) is 6.43. The molecule has 0 aromatic heterocycles. The van der Waals surface area contributed by atoms with Gasteiger partial charge in [0, 0.05) is 13.1 Å². The molecule has 0 bridgehead atoms. The fourth-order valence-electron chi connectivity index (χ4n) is 1.63. The lowest BCUT2D eigenvalue weighted by Crippen LogP contribution is -2.26.